The molecule has 1 saturated heterocycles. The first-order chi connectivity index (χ1) is 10.9. The molecular formula is C20H28N2S. The van der Waals surface area contributed by atoms with E-state index in [0.29, 0.717) is 0 Å². The molecule has 0 atom stereocenters. The lowest BCUT2D eigenvalue weighted by molar-refractivity contribution is 0.148. The standard InChI is InChI=1S/C20H28N2S/c1-20(2,3)19-10-9-18(23-19)17-8-6-5-7-16(17)15-22-13-11-21(4)12-14-22/h5-10H,11-15H2,1-4H3. The third kappa shape index (κ3) is 4.03. The molecule has 0 aliphatic carbocycles. The van der Waals surface area contributed by atoms with Crippen molar-refractivity contribution in [3.8, 4) is 10.4 Å². The Balaban J connectivity index is 1.82. The maximum absolute atomic E-state index is 2.58. The molecular weight excluding hydrogens is 300 g/mol. The van der Waals surface area contributed by atoms with E-state index in [1.807, 2.05) is 11.3 Å². The van der Waals surface area contributed by atoms with Gasteiger partial charge in [-0.05, 0) is 35.7 Å². The molecule has 2 nitrogen and oxygen atoms in total. The Kier molecular flexibility index (Phi) is 4.90. The van der Waals surface area contributed by atoms with Crippen molar-refractivity contribution in [2.75, 3.05) is 33.2 Å². The van der Waals surface area contributed by atoms with Gasteiger partial charge in [-0.3, -0.25) is 4.90 Å². The summed E-state index contributed by atoms with van der Waals surface area (Å²) in [5.41, 5.74) is 3.10. The van der Waals surface area contributed by atoms with Crippen LogP contribution >= 0.6 is 11.3 Å². The van der Waals surface area contributed by atoms with E-state index in [1.54, 1.807) is 0 Å². The molecule has 23 heavy (non-hydrogen) atoms. The van der Waals surface area contributed by atoms with Gasteiger partial charge in [0.15, 0.2) is 0 Å². The Bertz CT molecular complexity index is 646. The third-order valence-corrected chi connectivity index (χ3v) is 6.16. The van der Waals surface area contributed by atoms with Gasteiger partial charge >= 0.3 is 0 Å². The van der Waals surface area contributed by atoms with Gasteiger partial charge < -0.3 is 4.90 Å². The van der Waals surface area contributed by atoms with Gasteiger partial charge in [0.05, 0.1) is 0 Å². The van der Waals surface area contributed by atoms with Gasteiger partial charge in [-0.15, -0.1) is 11.3 Å². The highest BCUT2D eigenvalue weighted by molar-refractivity contribution is 7.15. The summed E-state index contributed by atoms with van der Waals surface area (Å²) < 4.78 is 0. The van der Waals surface area contributed by atoms with E-state index in [1.165, 1.54) is 47.1 Å². The second-order valence-corrected chi connectivity index (χ2v) is 8.73. The summed E-state index contributed by atoms with van der Waals surface area (Å²) >= 11 is 1.94. The summed E-state index contributed by atoms with van der Waals surface area (Å²) in [6.45, 7) is 12.6. The van der Waals surface area contributed by atoms with Crippen molar-refractivity contribution < 1.29 is 0 Å². The summed E-state index contributed by atoms with van der Waals surface area (Å²) in [7, 11) is 2.21. The lowest BCUT2D eigenvalue weighted by Crippen LogP contribution is -2.43. The second-order valence-electron chi connectivity index (χ2n) is 7.65. The van der Waals surface area contributed by atoms with Crippen molar-refractivity contribution in [3.05, 3.63) is 46.8 Å². The fourth-order valence-corrected chi connectivity index (χ4v) is 4.16. The molecule has 1 aliphatic heterocycles. The maximum Gasteiger partial charge on any atom is 0.0349 e. The quantitative estimate of drug-likeness (QED) is 0.821. The van der Waals surface area contributed by atoms with Crippen LogP contribution in [0.2, 0.25) is 0 Å². The molecule has 0 amide bonds. The van der Waals surface area contributed by atoms with Crippen LogP contribution in [0.4, 0.5) is 0 Å². The molecule has 2 heterocycles. The van der Waals surface area contributed by atoms with Crippen LogP contribution in [-0.4, -0.2) is 43.0 Å². The van der Waals surface area contributed by atoms with Crippen molar-refractivity contribution in [1.29, 1.82) is 0 Å². The van der Waals surface area contributed by atoms with Crippen LogP contribution in [0, 0.1) is 0 Å². The predicted molar refractivity (Wildman–Crippen MR) is 101 cm³/mol. The van der Waals surface area contributed by atoms with Crippen molar-refractivity contribution in [1.82, 2.24) is 9.80 Å². The number of nitrogens with zero attached hydrogens (tertiary/aromatic N) is 2. The lowest BCUT2D eigenvalue weighted by atomic mass is 9.95. The normalized spacial score (nSPS) is 17.6. The smallest absolute Gasteiger partial charge is 0.0349 e. The fourth-order valence-electron chi connectivity index (χ4n) is 3.03. The van der Waals surface area contributed by atoms with E-state index >= 15 is 0 Å². The predicted octanol–water partition coefficient (Wildman–Crippen LogP) is 4.46. The van der Waals surface area contributed by atoms with Gasteiger partial charge in [0.2, 0.25) is 0 Å². The van der Waals surface area contributed by atoms with Gasteiger partial charge in [0.1, 0.15) is 0 Å². The molecule has 3 rings (SSSR count). The van der Waals surface area contributed by atoms with Gasteiger partial charge in [0, 0.05) is 42.5 Å². The largest absolute Gasteiger partial charge is 0.304 e. The highest BCUT2D eigenvalue weighted by atomic mass is 32.1. The van der Waals surface area contributed by atoms with E-state index in [2.05, 4.69) is 74.0 Å². The molecule has 1 aromatic carbocycles. The van der Waals surface area contributed by atoms with Gasteiger partial charge in [0.25, 0.3) is 0 Å². The summed E-state index contributed by atoms with van der Waals surface area (Å²) in [4.78, 5) is 7.86. The number of benzene rings is 1. The minimum absolute atomic E-state index is 0.231. The topological polar surface area (TPSA) is 6.48 Å². The van der Waals surface area contributed by atoms with E-state index in [4.69, 9.17) is 0 Å². The highest BCUT2D eigenvalue weighted by Crippen LogP contribution is 2.36. The van der Waals surface area contributed by atoms with E-state index < -0.39 is 0 Å². The second kappa shape index (κ2) is 6.76. The lowest BCUT2D eigenvalue weighted by Gasteiger charge is -2.32. The Labute approximate surface area is 144 Å². The minimum atomic E-state index is 0.231. The molecule has 124 valence electrons. The number of hydrogen-bond acceptors (Lipinski definition) is 3. The zero-order valence-electron chi connectivity index (χ0n) is 14.8. The monoisotopic (exact) mass is 328 g/mol. The van der Waals surface area contributed by atoms with E-state index in [-0.39, 0.29) is 5.41 Å². The zero-order chi connectivity index (χ0) is 16.4. The minimum Gasteiger partial charge on any atom is -0.304 e. The van der Waals surface area contributed by atoms with Crippen LogP contribution in [0.1, 0.15) is 31.2 Å². The SMILES string of the molecule is CN1CCN(Cc2ccccc2-c2ccc(C(C)(C)C)s2)CC1. The van der Waals surface area contributed by atoms with Crippen LogP contribution < -0.4 is 0 Å². The van der Waals surface area contributed by atoms with Crippen LogP contribution in [0.5, 0.6) is 0 Å². The average molecular weight is 329 g/mol. The van der Waals surface area contributed by atoms with E-state index in [0.717, 1.165) is 6.54 Å². The number of hydrogen-bond donors (Lipinski definition) is 0. The highest BCUT2D eigenvalue weighted by Gasteiger charge is 2.19. The first kappa shape index (κ1) is 16.7. The molecule has 1 aliphatic rings. The molecule has 2 aromatic rings. The maximum atomic E-state index is 2.58. The van der Waals surface area contributed by atoms with Gasteiger partial charge in [-0.25, -0.2) is 0 Å². The molecule has 0 N–H and O–H groups in total. The Hall–Kier alpha value is -1.16. The van der Waals surface area contributed by atoms with Crippen LogP contribution in [0.3, 0.4) is 0 Å². The van der Waals surface area contributed by atoms with Crippen LogP contribution in [-0.2, 0) is 12.0 Å². The first-order valence-corrected chi connectivity index (χ1v) is 9.34. The van der Waals surface area contributed by atoms with Gasteiger partial charge in [-0.1, -0.05) is 45.0 Å². The molecule has 1 aromatic heterocycles. The van der Waals surface area contributed by atoms with Gasteiger partial charge in [-0.2, -0.15) is 0 Å². The van der Waals surface area contributed by atoms with Crippen LogP contribution in [0.25, 0.3) is 10.4 Å². The van der Waals surface area contributed by atoms with Crippen molar-refractivity contribution in [2.24, 2.45) is 0 Å². The van der Waals surface area contributed by atoms with Crippen molar-refractivity contribution in [3.63, 3.8) is 0 Å². The number of likely N-dealkylation sites (N-methyl/N-ethyl adjacent to an activating group) is 1. The molecule has 0 spiro atoms. The van der Waals surface area contributed by atoms with Crippen LogP contribution in [0.15, 0.2) is 36.4 Å². The fraction of sp³-hybridized carbons (Fsp3) is 0.500. The Morgan fingerprint density at radius 2 is 1.65 bits per heavy atom. The Morgan fingerprint density at radius 1 is 0.957 bits per heavy atom. The summed E-state index contributed by atoms with van der Waals surface area (Å²) in [6.07, 6.45) is 0. The molecule has 0 radical (unpaired) electrons. The molecule has 1 fully saturated rings. The summed E-state index contributed by atoms with van der Waals surface area (Å²) in [6, 6.07) is 13.5. The zero-order valence-corrected chi connectivity index (χ0v) is 15.6. The third-order valence-electron chi connectivity index (χ3n) is 4.62. The first-order valence-electron chi connectivity index (χ1n) is 8.53. The summed E-state index contributed by atoms with van der Waals surface area (Å²) in [5.74, 6) is 0. The molecule has 3 heteroatoms. The number of rotatable bonds is 3. The Morgan fingerprint density at radius 3 is 2.30 bits per heavy atom. The van der Waals surface area contributed by atoms with Crippen molar-refractivity contribution >= 4 is 11.3 Å². The summed E-state index contributed by atoms with van der Waals surface area (Å²) in [5, 5.41) is 0. The number of thiophene rings is 1. The molecule has 0 bridgehead atoms. The molecule has 0 saturated carbocycles. The molecule has 0 unspecified atom stereocenters. The number of piperazine rings is 1. The average Bonchev–Trinajstić information content (AvgIpc) is 3.00. The van der Waals surface area contributed by atoms with Crippen molar-refractivity contribution in [2.45, 2.75) is 32.7 Å². The van der Waals surface area contributed by atoms with E-state index in [9.17, 15) is 0 Å².